The van der Waals surface area contributed by atoms with E-state index in [9.17, 15) is 0 Å². The molecule has 0 aliphatic heterocycles. The summed E-state index contributed by atoms with van der Waals surface area (Å²) in [4.78, 5) is 0. The maximum atomic E-state index is 5.73. The first-order valence-electron chi connectivity index (χ1n) is 5.67. The van der Waals surface area contributed by atoms with Crippen LogP contribution in [-0.2, 0) is 0 Å². The normalized spacial score (nSPS) is 21.3. The summed E-state index contributed by atoms with van der Waals surface area (Å²) in [7, 11) is 0. The molecule has 1 fully saturated rings. The Morgan fingerprint density at radius 2 is 2.00 bits per heavy atom. The summed E-state index contributed by atoms with van der Waals surface area (Å²) < 4.78 is 0. The lowest BCUT2D eigenvalue weighted by atomic mass is 9.82. The summed E-state index contributed by atoms with van der Waals surface area (Å²) in [5.41, 5.74) is 5.73. The minimum Gasteiger partial charge on any atom is -0.330 e. The first-order chi connectivity index (χ1) is 6.36. The Bertz CT molecular complexity index is 136. The van der Waals surface area contributed by atoms with Crippen molar-refractivity contribution in [2.45, 2.75) is 44.9 Å². The molecule has 1 unspecified atom stereocenters. The molecule has 0 heterocycles. The van der Waals surface area contributed by atoms with Gasteiger partial charge in [0.1, 0.15) is 0 Å². The van der Waals surface area contributed by atoms with Gasteiger partial charge in [-0.3, -0.25) is 0 Å². The lowest BCUT2D eigenvalue weighted by Gasteiger charge is -2.25. The molecule has 0 aromatic heterocycles. The van der Waals surface area contributed by atoms with Gasteiger partial charge in [0.2, 0.25) is 0 Å². The van der Waals surface area contributed by atoms with Crippen LogP contribution in [-0.4, -0.2) is 6.54 Å². The van der Waals surface area contributed by atoms with E-state index in [4.69, 9.17) is 5.73 Å². The third-order valence-corrected chi connectivity index (χ3v) is 3.22. The quantitative estimate of drug-likeness (QED) is 0.648. The molecule has 0 aromatic rings. The Balaban J connectivity index is 2.22. The monoisotopic (exact) mass is 181 g/mol. The van der Waals surface area contributed by atoms with E-state index in [0.29, 0.717) is 5.92 Å². The molecule has 2 N–H and O–H groups in total. The van der Waals surface area contributed by atoms with Crippen molar-refractivity contribution in [2.24, 2.45) is 17.6 Å². The van der Waals surface area contributed by atoms with E-state index < -0.39 is 0 Å². The molecule has 0 aromatic carbocycles. The van der Waals surface area contributed by atoms with Gasteiger partial charge >= 0.3 is 0 Å². The summed E-state index contributed by atoms with van der Waals surface area (Å²) in [6, 6.07) is 0. The number of hydrogen-bond donors (Lipinski definition) is 1. The maximum absolute atomic E-state index is 5.73. The molecule has 1 heteroatoms. The lowest BCUT2D eigenvalue weighted by Crippen LogP contribution is -2.19. The van der Waals surface area contributed by atoms with Gasteiger partial charge in [-0.1, -0.05) is 38.2 Å². The van der Waals surface area contributed by atoms with Crippen LogP contribution in [0.25, 0.3) is 0 Å². The Hall–Kier alpha value is -0.300. The molecule has 1 atom stereocenters. The summed E-state index contributed by atoms with van der Waals surface area (Å²) >= 11 is 0. The van der Waals surface area contributed by atoms with E-state index in [2.05, 4.69) is 6.58 Å². The van der Waals surface area contributed by atoms with Crippen LogP contribution in [0.4, 0.5) is 0 Å². The highest BCUT2D eigenvalue weighted by Gasteiger charge is 2.17. The van der Waals surface area contributed by atoms with Gasteiger partial charge in [0, 0.05) is 0 Å². The second-order valence-corrected chi connectivity index (χ2v) is 4.37. The fourth-order valence-electron chi connectivity index (χ4n) is 2.42. The van der Waals surface area contributed by atoms with Crippen LogP contribution < -0.4 is 5.73 Å². The van der Waals surface area contributed by atoms with Crippen LogP contribution in [0.2, 0.25) is 0 Å². The zero-order valence-electron chi connectivity index (χ0n) is 8.67. The van der Waals surface area contributed by atoms with Gasteiger partial charge in [0.25, 0.3) is 0 Å². The van der Waals surface area contributed by atoms with E-state index in [-0.39, 0.29) is 0 Å². The van der Waals surface area contributed by atoms with Crippen LogP contribution in [0.15, 0.2) is 12.7 Å². The molecule has 0 bridgehead atoms. The van der Waals surface area contributed by atoms with Crippen LogP contribution in [0.5, 0.6) is 0 Å². The molecular weight excluding hydrogens is 158 g/mol. The molecule has 1 aliphatic carbocycles. The van der Waals surface area contributed by atoms with Crippen molar-refractivity contribution in [1.82, 2.24) is 0 Å². The second-order valence-electron chi connectivity index (χ2n) is 4.37. The fourth-order valence-corrected chi connectivity index (χ4v) is 2.42. The molecular formula is C12H23N. The SMILES string of the molecule is C=CCC(CN)CC1CCCCC1. The lowest BCUT2D eigenvalue weighted by molar-refractivity contribution is 0.290. The Kier molecular flexibility index (Phi) is 5.14. The van der Waals surface area contributed by atoms with E-state index in [1.165, 1.54) is 38.5 Å². The first kappa shape index (κ1) is 10.8. The van der Waals surface area contributed by atoms with Crippen LogP contribution in [0.3, 0.4) is 0 Å². The molecule has 13 heavy (non-hydrogen) atoms. The maximum Gasteiger partial charge on any atom is -0.00458 e. The molecule has 1 nitrogen and oxygen atoms in total. The van der Waals surface area contributed by atoms with Crippen molar-refractivity contribution in [2.75, 3.05) is 6.54 Å². The number of allylic oxidation sites excluding steroid dienone is 1. The van der Waals surface area contributed by atoms with Crippen LogP contribution >= 0.6 is 0 Å². The summed E-state index contributed by atoms with van der Waals surface area (Å²) in [6.45, 7) is 4.62. The topological polar surface area (TPSA) is 26.0 Å². The number of hydrogen-bond acceptors (Lipinski definition) is 1. The molecule has 0 saturated heterocycles. The minimum absolute atomic E-state index is 0.695. The Morgan fingerprint density at radius 3 is 2.54 bits per heavy atom. The number of rotatable bonds is 5. The average molecular weight is 181 g/mol. The van der Waals surface area contributed by atoms with Crippen molar-refractivity contribution < 1.29 is 0 Å². The highest BCUT2D eigenvalue weighted by Crippen LogP contribution is 2.29. The largest absolute Gasteiger partial charge is 0.330 e. The molecule has 76 valence electrons. The fraction of sp³-hybridized carbons (Fsp3) is 0.833. The molecule has 0 radical (unpaired) electrons. The predicted molar refractivity (Wildman–Crippen MR) is 58.6 cm³/mol. The van der Waals surface area contributed by atoms with Gasteiger partial charge in [-0.25, -0.2) is 0 Å². The zero-order valence-corrected chi connectivity index (χ0v) is 8.67. The predicted octanol–water partition coefficient (Wildman–Crippen LogP) is 3.11. The van der Waals surface area contributed by atoms with Gasteiger partial charge in [-0.05, 0) is 31.2 Å². The van der Waals surface area contributed by atoms with Gasteiger partial charge in [-0.15, -0.1) is 6.58 Å². The highest BCUT2D eigenvalue weighted by atomic mass is 14.5. The summed E-state index contributed by atoms with van der Waals surface area (Å²) in [5.74, 6) is 1.66. The first-order valence-corrected chi connectivity index (χ1v) is 5.67. The standard InChI is InChI=1S/C12H23N/c1-2-6-12(10-13)9-11-7-4-3-5-8-11/h2,11-12H,1,3-10,13H2. The smallest absolute Gasteiger partial charge is 0.00458 e. The van der Waals surface area contributed by atoms with Crippen molar-refractivity contribution in [1.29, 1.82) is 0 Å². The minimum atomic E-state index is 0.695. The zero-order chi connectivity index (χ0) is 9.52. The molecule has 1 rings (SSSR count). The van der Waals surface area contributed by atoms with Crippen molar-refractivity contribution >= 4 is 0 Å². The van der Waals surface area contributed by atoms with E-state index >= 15 is 0 Å². The van der Waals surface area contributed by atoms with Gasteiger partial charge in [0.05, 0.1) is 0 Å². The third kappa shape index (κ3) is 3.95. The van der Waals surface area contributed by atoms with Crippen molar-refractivity contribution in [3.8, 4) is 0 Å². The Labute approximate surface area is 82.4 Å². The second kappa shape index (κ2) is 6.20. The van der Waals surface area contributed by atoms with Crippen LogP contribution in [0.1, 0.15) is 44.9 Å². The summed E-state index contributed by atoms with van der Waals surface area (Å²) in [6.07, 6.45) is 11.7. The number of nitrogens with two attached hydrogens (primary N) is 1. The van der Waals surface area contributed by atoms with Gasteiger partial charge in [-0.2, -0.15) is 0 Å². The molecule has 1 aliphatic rings. The van der Waals surface area contributed by atoms with Crippen molar-refractivity contribution in [3.63, 3.8) is 0 Å². The third-order valence-electron chi connectivity index (χ3n) is 3.22. The van der Waals surface area contributed by atoms with Crippen molar-refractivity contribution in [3.05, 3.63) is 12.7 Å². The Morgan fingerprint density at radius 1 is 1.31 bits per heavy atom. The average Bonchev–Trinajstić information content (AvgIpc) is 2.19. The highest BCUT2D eigenvalue weighted by molar-refractivity contribution is 4.77. The van der Waals surface area contributed by atoms with Gasteiger partial charge in [0.15, 0.2) is 0 Å². The van der Waals surface area contributed by atoms with E-state index in [1.54, 1.807) is 0 Å². The van der Waals surface area contributed by atoms with Gasteiger partial charge < -0.3 is 5.73 Å². The molecule has 1 saturated carbocycles. The molecule has 0 spiro atoms. The molecule has 0 amide bonds. The van der Waals surface area contributed by atoms with E-state index in [0.717, 1.165) is 18.9 Å². The summed E-state index contributed by atoms with van der Waals surface area (Å²) in [5, 5.41) is 0. The van der Waals surface area contributed by atoms with E-state index in [1.807, 2.05) is 6.08 Å². The van der Waals surface area contributed by atoms with Crippen LogP contribution in [0, 0.1) is 11.8 Å².